The molecule has 2 aromatic carbocycles. The zero-order chi connectivity index (χ0) is 17.7. The minimum atomic E-state index is -0.956. The van der Waals surface area contributed by atoms with Gasteiger partial charge in [0.2, 0.25) is 0 Å². The molecule has 0 aliphatic rings. The molecule has 8 heteroatoms. The quantitative estimate of drug-likeness (QED) is 0.789. The molecule has 0 spiro atoms. The van der Waals surface area contributed by atoms with Crippen LogP contribution >= 0.6 is 23.2 Å². The average Bonchev–Trinajstić information content (AvgIpc) is 2.53. The van der Waals surface area contributed by atoms with Crippen molar-refractivity contribution in [2.24, 2.45) is 0 Å². The van der Waals surface area contributed by atoms with Gasteiger partial charge in [-0.25, -0.2) is 8.78 Å². The summed E-state index contributed by atoms with van der Waals surface area (Å²) >= 11 is 11.7. The molecule has 0 heterocycles. The Bertz CT molecular complexity index is 764. The standard InChI is InChI=1S/C16H12Cl2F2N2O2/c17-10-4-1-3-9(14(10)18)15(23)21-7-8-22-16(24)13-11(19)5-2-6-12(13)20/h1-6H,7-8H2,(H,21,23)(H,22,24). The first-order valence-electron chi connectivity index (χ1n) is 6.86. The number of halogens is 4. The predicted molar refractivity (Wildman–Crippen MR) is 87.5 cm³/mol. The summed E-state index contributed by atoms with van der Waals surface area (Å²) in [6, 6.07) is 7.75. The van der Waals surface area contributed by atoms with E-state index in [9.17, 15) is 18.4 Å². The van der Waals surface area contributed by atoms with Gasteiger partial charge in [0.15, 0.2) is 0 Å². The second kappa shape index (κ2) is 8.08. The number of benzene rings is 2. The Morgan fingerprint density at radius 3 is 2.04 bits per heavy atom. The van der Waals surface area contributed by atoms with E-state index >= 15 is 0 Å². The fourth-order valence-corrected chi connectivity index (χ4v) is 2.32. The Kier molecular flexibility index (Phi) is 6.11. The molecule has 2 aromatic rings. The van der Waals surface area contributed by atoms with E-state index < -0.39 is 29.0 Å². The van der Waals surface area contributed by atoms with Crippen LogP contribution in [0.3, 0.4) is 0 Å². The zero-order valence-electron chi connectivity index (χ0n) is 12.2. The number of carbonyl (C=O) groups excluding carboxylic acids is 2. The third-order valence-electron chi connectivity index (χ3n) is 3.08. The molecular formula is C16H12Cl2F2N2O2. The summed E-state index contributed by atoms with van der Waals surface area (Å²) in [5.41, 5.74) is -0.475. The Balaban J connectivity index is 1.88. The minimum absolute atomic E-state index is 0.0173. The highest BCUT2D eigenvalue weighted by atomic mass is 35.5. The maximum Gasteiger partial charge on any atom is 0.257 e. The molecule has 2 amide bonds. The zero-order valence-corrected chi connectivity index (χ0v) is 13.7. The Morgan fingerprint density at radius 1 is 0.875 bits per heavy atom. The first-order valence-corrected chi connectivity index (χ1v) is 7.62. The van der Waals surface area contributed by atoms with Crippen molar-refractivity contribution in [3.63, 3.8) is 0 Å². The molecule has 0 fully saturated rings. The molecule has 0 atom stereocenters. The smallest absolute Gasteiger partial charge is 0.257 e. The van der Waals surface area contributed by atoms with Gasteiger partial charge in [-0.1, -0.05) is 35.3 Å². The summed E-state index contributed by atoms with van der Waals surface area (Å²) in [7, 11) is 0. The maximum atomic E-state index is 13.4. The molecular weight excluding hydrogens is 361 g/mol. The van der Waals surface area contributed by atoms with Gasteiger partial charge in [0.1, 0.15) is 17.2 Å². The number of rotatable bonds is 5. The topological polar surface area (TPSA) is 58.2 Å². The largest absolute Gasteiger partial charge is 0.350 e. The molecule has 0 radical (unpaired) electrons. The first kappa shape index (κ1) is 18.2. The predicted octanol–water partition coefficient (Wildman–Crippen LogP) is 3.43. The van der Waals surface area contributed by atoms with Crippen LogP contribution in [0.4, 0.5) is 8.78 Å². The van der Waals surface area contributed by atoms with E-state index in [-0.39, 0.29) is 28.7 Å². The Morgan fingerprint density at radius 2 is 1.42 bits per heavy atom. The SMILES string of the molecule is O=C(NCCNC(=O)c1c(F)cccc1F)c1cccc(Cl)c1Cl. The van der Waals surface area contributed by atoms with Gasteiger partial charge in [-0.3, -0.25) is 9.59 Å². The van der Waals surface area contributed by atoms with E-state index in [0.717, 1.165) is 18.2 Å². The third-order valence-corrected chi connectivity index (χ3v) is 3.90. The lowest BCUT2D eigenvalue weighted by Gasteiger charge is -2.09. The second-order valence-corrected chi connectivity index (χ2v) is 5.50. The van der Waals surface area contributed by atoms with Crippen LogP contribution in [0.25, 0.3) is 0 Å². The number of amides is 2. The van der Waals surface area contributed by atoms with Gasteiger partial charge >= 0.3 is 0 Å². The first-order chi connectivity index (χ1) is 11.4. The summed E-state index contributed by atoms with van der Waals surface area (Å²) in [5, 5.41) is 5.20. The highest BCUT2D eigenvalue weighted by molar-refractivity contribution is 6.43. The summed E-state index contributed by atoms with van der Waals surface area (Å²) in [5.74, 6) is -3.29. The molecule has 0 saturated heterocycles. The van der Waals surface area contributed by atoms with E-state index in [0.29, 0.717) is 0 Å². The monoisotopic (exact) mass is 372 g/mol. The van der Waals surface area contributed by atoms with Gasteiger partial charge in [-0.15, -0.1) is 0 Å². The van der Waals surface area contributed by atoms with Gasteiger partial charge in [-0.05, 0) is 24.3 Å². The molecule has 24 heavy (non-hydrogen) atoms. The lowest BCUT2D eigenvalue weighted by Crippen LogP contribution is -2.35. The maximum absolute atomic E-state index is 13.4. The molecule has 2 rings (SSSR count). The normalized spacial score (nSPS) is 10.3. The summed E-state index contributed by atoms with van der Waals surface area (Å²) in [4.78, 5) is 23.7. The lowest BCUT2D eigenvalue weighted by molar-refractivity contribution is 0.0923. The van der Waals surface area contributed by atoms with Crippen LogP contribution in [0, 0.1) is 11.6 Å². The number of carbonyl (C=O) groups is 2. The van der Waals surface area contributed by atoms with E-state index in [1.807, 2.05) is 0 Å². The third kappa shape index (κ3) is 4.21. The van der Waals surface area contributed by atoms with Crippen molar-refractivity contribution in [1.82, 2.24) is 10.6 Å². The number of nitrogens with one attached hydrogen (secondary N) is 2. The van der Waals surface area contributed by atoms with Crippen molar-refractivity contribution in [3.8, 4) is 0 Å². The van der Waals surface area contributed by atoms with Gasteiger partial charge in [0.25, 0.3) is 11.8 Å². The summed E-state index contributed by atoms with van der Waals surface area (Å²) in [6.45, 7) is 0.0278. The van der Waals surface area contributed by atoms with Crippen LogP contribution in [0.1, 0.15) is 20.7 Å². The van der Waals surface area contributed by atoms with Crippen molar-refractivity contribution in [3.05, 3.63) is 69.2 Å². The fourth-order valence-electron chi connectivity index (χ4n) is 1.93. The van der Waals surface area contributed by atoms with Crippen molar-refractivity contribution >= 4 is 35.0 Å². The Labute approximate surface area is 146 Å². The molecule has 0 bridgehead atoms. The van der Waals surface area contributed by atoms with Crippen LogP contribution in [0.15, 0.2) is 36.4 Å². The van der Waals surface area contributed by atoms with E-state index in [1.165, 1.54) is 6.07 Å². The van der Waals surface area contributed by atoms with Crippen molar-refractivity contribution in [2.75, 3.05) is 13.1 Å². The number of hydrogen-bond acceptors (Lipinski definition) is 2. The minimum Gasteiger partial charge on any atom is -0.350 e. The lowest BCUT2D eigenvalue weighted by atomic mass is 10.2. The van der Waals surface area contributed by atoms with Crippen LogP contribution in [-0.2, 0) is 0 Å². The van der Waals surface area contributed by atoms with E-state index in [4.69, 9.17) is 23.2 Å². The van der Waals surface area contributed by atoms with E-state index in [2.05, 4.69) is 10.6 Å². The van der Waals surface area contributed by atoms with Gasteiger partial charge in [0.05, 0.1) is 15.6 Å². The van der Waals surface area contributed by atoms with Crippen LogP contribution < -0.4 is 10.6 Å². The average molecular weight is 373 g/mol. The highest BCUT2D eigenvalue weighted by Gasteiger charge is 2.16. The van der Waals surface area contributed by atoms with Gasteiger partial charge < -0.3 is 10.6 Å². The second-order valence-electron chi connectivity index (χ2n) is 4.71. The molecule has 126 valence electrons. The molecule has 0 aromatic heterocycles. The van der Waals surface area contributed by atoms with Crippen LogP contribution in [-0.4, -0.2) is 24.9 Å². The summed E-state index contributed by atoms with van der Waals surface area (Å²) < 4.78 is 26.9. The molecule has 0 aliphatic heterocycles. The molecule has 0 saturated carbocycles. The summed E-state index contributed by atoms with van der Waals surface area (Å²) in [6.07, 6.45) is 0. The fraction of sp³-hybridized carbons (Fsp3) is 0.125. The van der Waals surface area contributed by atoms with Gasteiger partial charge in [0, 0.05) is 13.1 Å². The molecule has 4 nitrogen and oxygen atoms in total. The molecule has 2 N–H and O–H groups in total. The van der Waals surface area contributed by atoms with Crippen LogP contribution in [0.5, 0.6) is 0 Å². The van der Waals surface area contributed by atoms with E-state index in [1.54, 1.807) is 12.1 Å². The van der Waals surface area contributed by atoms with Crippen LogP contribution in [0.2, 0.25) is 10.0 Å². The molecule has 0 aliphatic carbocycles. The van der Waals surface area contributed by atoms with Gasteiger partial charge in [-0.2, -0.15) is 0 Å². The number of hydrogen-bond donors (Lipinski definition) is 2. The van der Waals surface area contributed by atoms with Crippen molar-refractivity contribution in [1.29, 1.82) is 0 Å². The van der Waals surface area contributed by atoms with Crippen molar-refractivity contribution in [2.45, 2.75) is 0 Å². The highest BCUT2D eigenvalue weighted by Crippen LogP contribution is 2.25. The molecule has 0 unspecified atom stereocenters. The van der Waals surface area contributed by atoms with Crippen molar-refractivity contribution < 1.29 is 18.4 Å². The Hall–Kier alpha value is -2.18.